The number of nitrogens with one attached hydrogen (secondary N) is 4. The van der Waals surface area contributed by atoms with Crippen LogP contribution in [0.25, 0.3) is 11.0 Å². The topological polar surface area (TPSA) is 125 Å². The number of imidazole rings is 1. The number of benzene rings is 1. The Kier molecular flexibility index (Phi) is 5.45. The van der Waals surface area contributed by atoms with Crippen LogP contribution in [0.3, 0.4) is 0 Å². The number of carbonyl (C=O) groups excluding carboxylic acids is 2. The van der Waals surface area contributed by atoms with E-state index in [1.165, 1.54) is 23.9 Å². The predicted molar refractivity (Wildman–Crippen MR) is 131 cm³/mol. The van der Waals surface area contributed by atoms with E-state index in [4.69, 9.17) is 9.15 Å². The minimum atomic E-state index is -0.494. The van der Waals surface area contributed by atoms with Crippen molar-refractivity contribution in [3.63, 3.8) is 0 Å². The minimum Gasteiger partial charge on any atom is -0.461 e. The quantitative estimate of drug-likeness (QED) is 0.296. The lowest BCUT2D eigenvalue weighted by atomic mass is 9.82. The van der Waals surface area contributed by atoms with Gasteiger partial charge < -0.3 is 29.8 Å². The fraction of sp³-hybridized carbons (Fsp3) is 0.240. The Hall–Kier alpha value is -3.83. The van der Waals surface area contributed by atoms with E-state index in [9.17, 15) is 14.0 Å². The Labute approximate surface area is 208 Å². The first-order valence-corrected chi connectivity index (χ1v) is 12.3. The predicted octanol–water partition coefficient (Wildman–Crippen LogP) is 4.24. The number of aryl methyl sites for hydroxylation is 1. The van der Waals surface area contributed by atoms with E-state index in [1.807, 2.05) is 19.1 Å². The van der Waals surface area contributed by atoms with Crippen LogP contribution >= 0.6 is 11.8 Å². The monoisotopic (exact) mass is 507 g/mol. The van der Waals surface area contributed by atoms with Crippen LogP contribution in [-0.4, -0.2) is 46.4 Å². The molecule has 5 heterocycles. The minimum absolute atomic E-state index is 0.0429. The summed E-state index contributed by atoms with van der Waals surface area (Å²) in [6.07, 6.45) is 1.71. The highest BCUT2D eigenvalue weighted by Gasteiger charge is 2.39. The van der Waals surface area contributed by atoms with Crippen LogP contribution in [0.15, 0.2) is 56.4 Å². The van der Waals surface area contributed by atoms with Gasteiger partial charge in [0.15, 0.2) is 16.0 Å². The van der Waals surface area contributed by atoms with Crippen LogP contribution in [0.4, 0.5) is 10.1 Å². The van der Waals surface area contributed by atoms with Gasteiger partial charge >= 0.3 is 5.97 Å². The summed E-state index contributed by atoms with van der Waals surface area (Å²) in [7, 11) is 0. The summed E-state index contributed by atoms with van der Waals surface area (Å²) in [6.45, 7) is 4.48. The summed E-state index contributed by atoms with van der Waals surface area (Å²) in [5.74, 6) is -0.774. The second kappa shape index (κ2) is 8.68. The first-order valence-electron chi connectivity index (χ1n) is 11.5. The van der Waals surface area contributed by atoms with Crippen LogP contribution in [0.2, 0.25) is 0 Å². The Morgan fingerprint density at radius 2 is 2.17 bits per heavy atom. The van der Waals surface area contributed by atoms with Crippen LogP contribution in [0, 0.1) is 12.7 Å². The average Bonchev–Trinajstić information content (AvgIpc) is 3.56. The van der Waals surface area contributed by atoms with Gasteiger partial charge in [0, 0.05) is 29.6 Å². The number of aromatic nitrogens is 3. The van der Waals surface area contributed by atoms with Crippen molar-refractivity contribution in [1.82, 2.24) is 20.3 Å². The lowest BCUT2D eigenvalue weighted by molar-refractivity contribution is -0.115. The van der Waals surface area contributed by atoms with Gasteiger partial charge in [-0.05, 0) is 55.4 Å². The Morgan fingerprint density at radius 1 is 1.31 bits per heavy atom. The normalized spacial score (nSPS) is 17.2. The second-order valence-electron chi connectivity index (χ2n) is 8.61. The third-order valence-electron chi connectivity index (χ3n) is 6.28. The smallest absolute Gasteiger partial charge is 0.356 e. The molecule has 6 rings (SSSR count). The number of halogens is 1. The zero-order chi connectivity index (χ0) is 25.0. The number of hydrogen-bond acceptors (Lipinski definition) is 8. The summed E-state index contributed by atoms with van der Waals surface area (Å²) < 4.78 is 25.2. The number of H-pyrrole nitrogens is 2. The number of aromatic amines is 2. The molecule has 0 amide bonds. The van der Waals surface area contributed by atoms with Gasteiger partial charge in [0.1, 0.15) is 17.3 Å². The first kappa shape index (κ1) is 22.6. The molecule has 1 aromatic carbocycles. The number of furan rings is 1. The molecule has 0 aliphatic carbocycles. The highest BCUT2D eigenvalue weighted by Crippen LogP contribution is 2.45. The number of anilines is 1. The van der Waals surface area contributed by atoms with Crippen LogP contribution in [0.1, 0.15) is 40.2 Å². The van der Waals surface area contributed by atoms with Gasteiger partial charge in [0.2, 0.25) is 0 Å². The van der Waals surface area contributed by atoms with Crippen molar-refractivity contribution in [2.45, 2.75) is 30.0 Å². The number of ketones is 1. The third-order valence-corrected chi connectivity index (χ3v) is 7.09. The molecule has 4 N–H and O–H groups in total. The Bertz CT molecular complexity index is 1570. The molecule has 4 aromatic rings. The van der Waals surface area contributed by atoms with Gasteiger partial charge in [-0.2, -0.15) is 0 Å². The van der Waals surface area contributed by atoms with Gasteiger partial charge in [0.05, 0.1) is 35.8 Å². The molecule has 11 heteroatoms. The van der Waals surface area contributed by atoms with E-state index in [2.05, 4.69) is 25.6 Å². The van der Waals surface area contributed by atoms with E-state index >= 15 is 0 Å². The molecule has 2 aliphatic heterocycles. The lowest BCUT2D eigenvalue weighted by Gasteiger charge is -2.31. The van der Waals surface area contributed by atoms with E-state index < -0.39 is 11.9 Å². The van der Waals surface area contributed by atoms with Crippen molar-refractivity contribution in [3.05, 3.63) is 70.1 Å². The SMILES string of the molecule is CCOC(=O)c1[nH]cc2c1NC1=C(C(=O)CNC1)C2c1ccc(Sc2nc3c(C)cc(F)cc3[nH]2)o1. The van der Waals surface area contributed by atoms with Crippen LogP contribution in [-0.2, 0) is 9.53 Å². The van der Waals surface area contributed by atoms with Gasteiger partial charge in [-0.25, -0.2) is 14.2 Å². The molecule has 0 saturated carbocycles. The summed E-state index contributed by atoms with van der Waals surface area (Å²) >= 11 is 1.27. The number of esters is 1. The van der Waals surface area contributed by atoms with Crippen molar-refractivity contribution >= 4 is 40.2 Å². The van der Waals surface area contributed by atoms with Crippen molar-refractivity contribution in [2.75, 3.05) is 25.0 Å². The fourth-order valence-electron chi connectivity index (χ4n) is 4.79. The number of Topliss-reactive ketones (excluding diaryl/α,β-unsaturated/α-hetero) is 1. The van der Waals surface area contributed by atoms with Gasteiger partial charge in [-0.1, -0.05) is 0 Å². The maximum atomic E-state index is 13.8. The van der Waals surface area contributed by atoms with Gasteiger partial charge in [-0.15, -0.1) is 0 Å². The standard InChI is InChI=1S/C25H22FN5O4S/c1-3-34-24(33)23-22-13(8-28-23)19(20-15(29-22)9-27-10-16(20)32)17-4-5-18(35-17)36-25-30-14-7-12(26)6-11(2)21(14)31-25/h4-8,19,27-29H,3,9-10H2,1-2H3,(H,30,31). The molecule has 0 spiro atoms. The largest absolute Gasteiger partial charge is 0.461 e. The highest BCUT2D eigenvalue weighted by atomic mass is 32.2. The summed E-state index contributed by atoms with van der Waals surface area (Å²) in [4.78, 5) is 36.2. The molecule has 184 valence electrons. The molecule has 0 saturated heterocycles. The molecule has 2 aliphatic rings. The molecule has 1 unspecified atom stereocenters. The van der Waals surface area contributed by atoms with Crippen LogP contribution in [0.5, 0.6) is 0 Å². The summed E-state index contributed by atoms with van der Waals surface area (Å²) in [6, 6.07) is 6.49. The maximum absolute atomic E-state index is 13.8. The van der Waals surface area contributed by atoms with E-state index in [0.29, 0.717) is 56.2 Å². The number of ether oxygens (including phenoxy) is 1. The molecular formula is C25H22FN5O4S. The highest BCUT2D eigenvalue weighted by molar-refractivity contribution is 7.99. The molecule has 3 aromatic heterocycles. The van der Waals surface area contributed by atoms with E-state index in [0.717, 1.165) is 11.1 Å². The van der Waals surface area contributed by atoms with E-state index in [-0.39, 0.29) is 24.8 Å². The fourth-order valence-corrected chi connectivity index (χ4v) is 5.55. The number of nitrogens with zero attached hydrogens (tertiary/aromatic N) is 1. The number of hydrogen-bond donors (Lipinski definition) is 4. The van der Waals surface area contributed by atoms with Gasteiger partial charge in [-0.3, -0.25) is 4.79 Å². The Morgan fingerprint density at radius 3 is 3.00 bits per heavy atom. The molecule has 0 bridgehead atoms. The third kappa shape index (κ3) is 3.71. The average molecular weight is 508 g/mol. The van der Waals surface area contributed by atoms with Crippen molar-refractivity contribution < 1.29 is 23.1 Å². The van der Waals surface area contributed by atoms with Crippen molar-refractivity contribution in [1.29, 1.82) is 0 Å². The molecule has 0 radical (unpaired) electrons. The zero-order valence-corrected chi connectivity index (χ0v) is 20.3. The molecule has 0 fully saturated rings. The molecular weight excluding hydrogens is 485 g/mol. The van der Waals surface area contributed by atoms with Crippen molar-refractivity contribution in [3.8, 4) is 0 Å². The number of carbonyl (C=O) groups is 2. The maximum Gasteiger partial charge on any atom is 0.356 e. The summed E-state index contributed by atoms with van der Waals surface area (Å²) in [5.41, 5.74) is 4.96. The van der Waals surface area contributed by atoms with Crippen molar-refractivity contribution in [2.24, 2.45) is 0 Å². The molecule has 1 atom stereocenters. The van der Waals surface area contributed by atoms with Gasteiger partial charge in [0.25, 0.3) is 0 Å². The zero-order valence-electron chi connectivity index (χ0n) is 19.5. The first-order chi connectivity index (χ1) is 17.4. The van der Waals surface area contributed by atoms with E-state index in [1.54, 1.807) is 13.1 Å². The summed E-state index contributed by atoms with van der Waals surface area (Å²) in [5, 5.41) is 7.48. The number of rotatable bonds is 5. The Balaban J connectivity index is 1.37. The molecule has 36 heavy (non-hydrogen) atoms. The molecule has 9 nitrogen and oxygen atoms in total. The second-order valence-corrected chi connectivity index (χ2v) is 9.60. The van der Waals surface area contributed by atoms with Crippen LogP contribution < -0.4 is 10.6 Å². The lowest BCUT2D eigenvalue weighted by Crippen LogP contribution is -2.39. The number of fused-ring (bicyclic) bond motifs is 2.